The number of aliphatic carboxylic acids is 1. The maximum absolute atomic E-state index is 13.2. The van der Waals surface area contributed by atoms with E-state index < -0.39 is 5.97 Å². The lowest BCUT2D eigenvalue weighted by atomic mass is 10.0. The molecule has 0 atom stereocenters. The molecule has 2 aromatic rings. The molecule has 0 aliphatic carbocycles. The number of carbonyl (C=O) groups excluding carboxylic acids is 2. The van der Waals surface area contributed by atoms with Crippen molar-refractivity contribution in [3.63, 3.8) is 0 Å². The first-order chi connectivity index (χ1) is 32.3. The van der Waals surface area contributed by atoms with E-state index >= 15 is 0 Å². The first-order valence-electron chi connectivity index (χ1n) is 22.6. The van der Waals surface area contributed by atoms with Crippen LogP contribution in [0.1, 0.15) is 50.7 Å². The normalized spacial score (nSPS) is 12.3. The van der Waals surface area contributed by atoms with Gasteiger partial charge in [-0.05, 0) is 42.7 Å². The molecule has 1 aromatic heterocycles. The van der Waals surface area contributed by atoms with Gasteiger partial charge in [-0.2, -0.15) is 0 Å². The second-order valence-electron chi connectivity index (χ2n) is 14.4. The number of carboxylic acid groups (broad SMARTS) is 1. The SMILES string of the molecule is CCCN(OCC)C(=O)C1=Cc2ccc(-c3cncc(CNC(=O)CCOCCOCCOCCOCCOCCOCCOCCOCCOCCOCCC(=O)O)c3)cc2N=C(N)C1. The summed E-state index contributed by atoms with van der Waals surface area (Å²) in [5, 5.41) is 12.8. The van der Waals surface area contributed by atoms with E-state index in [1.54, 1.807) is 12.4 Å². The van der Waals surface area contributed by atoms with Crippen LogP contribution in [0.3, 0.4) is 0 Å². The second-order valence-corrected chi connectivity index (χ2v) is 14.4. The zero-order chi connectivity index (χ0) is 47.3. The first-order valence-corrected chi connectivity index (χ1v) is 22.6. The number of ether oxygens (including phenoxy) is 10. The number of aliphatic imine (C=N–C) groups is 1. The Bertz CT molecular complexity index is 1710. The van der Waals surface area contributed by atoms with Crippen molar-refractivity contribution in [2.75, 3.05) is 145 Å². The first kappa shape index (κ1) is 55.9. The number of hydrogen-bond acceptors (Lipinski definition) is 17. The van der Waals surface area contributed by atoms with Crippen molar-refractivity contribution >= 4 is 35.4 Å². The number of nitrogens with zero attached hydrogens (tertiary/aromatic N) is 3. The maximum Gasteiger partial charge on any atom is 0.305 e. The zero-order valence-electron chi connectivity index (χ0n) is 38.7. The monoisotopic (exact) mass is 933 g/mol. The number of nitrogens with two attached hydrogens (primary N) is 1. The third-order valence-corrected chi connectivity index (χ3v) is 9.11. The van der Waals surface area contributed by atoms with E-state index in [1.807, 2.05) is 44.2 Å². The molecule has 0 bridgehead atoms. The summed E-state index contributed by atoms with van der Waals surface area (Å²) in [5.74, 6) is -0.904. The molecule has 66 heavy (non-hydrogen) atoms. The number of pyridine rings is 1. The highest BCUT2D eigenvalue weighted by molar-refractivity contribution is 6.05. The molecule has 1 aromatic carbocycles. The Balaban J connectivity index is 1.10. The average molecular weight is 934 g/mol. The largest absolute Gasteiger partial charge is 0.481 e. The standard InChI is InChI=1S/C46H71N5O15/c1-3-9-51(66-4-2)46(55)40-31-39-6-5-38(32-42(39)50-43(47)33-40)41-30-37(34-48-36-41)35-49-44(52)7-10-56-12-14-58-16-18-60-20-22-62-24-26-64-28-29-65-27-25-63-23-21-61-19-17-59-15-13-57-11-8-45(53)54/h5-6,30-32,34,36H,3-4,7-29,33,35H2,1-2H3,(H2,47,50)(H,49,52)(H,53,54). The third kappa shape index (κ3) is 26.0. The van der Waals surface area contributed by atoms with E-state index in [0.717, 1.165) is 28.7 Å². The third-order valence-electron chi connectivity index (χ3n) is 9.11. The Morgan fingerprint density at radius 3 is 1.61 bits per heavy atom. The summed E-state index contributed by atoms with van der Waals surface area (Å²) in [5.41, 5.74) is 10.8. The van der Waals surface area contributed by atoms with Gasteiger partial charge in [-0.25, -0.2) is 10.1 Å². The van der Waals surface area contributed by atoms with Crippen molar-refractivity contribution in [1.29, 1.82) is 0 Å². The summed E-state index contributed by atoms with van der Waals surface area (Å²) in [7, 11) is 0. The highest BCUT2D eigenvalue weighted by atomic mass is 16.7. The van der Waals surface area contributed by atoms with Gasteiger partial charge in [0.15, 0.2) is 0 Å². The smallest absolute Gasteiger partial charge is 0.305 e. The number of carboxylic acids is 1. The lowest BCUT2D eigenvalue weighted by molar-refractivity contribution is -0.180. The lowest BCUT2D eigenvalue weighted by Gasteiger charge is -2.21. The summed E-state index contributed by atoms with van der Waals surface area (Å²) in [4.78, 5) is 50.6. The Labute approximate surface area is 388 Å². The van der Waals surface area contributed by atoms with E-state index in [4.69, 9.17) is 63.0 Å². The minimum atomic E-state index is -0.883. The van der Waals surface area contributed by atoms with Gasteiger partial charge in [-0.3, -0.25) is 24.2 Å². The molecular formula is C46H71N5O15. The van der Waals surface area contributed by atoms with Gasteiger partial charge in [0.05, 0.1) is 151 Å². The number of carbonyl (C=O) groups is 3. The van der Waals surface area contributed by atoms with Crippen LogP contribution in [0.2, 0.25) is 0 Å². The Kier molecular flexibility index (Phi) is 31.0. The lowest BCUT2D eigenvalue weighted by Crippen LogP contribution is -2.34. The van der Waals surface area contributed by atoms with Gasteiger partial charge in [-0.15, -0.1) is 0 Å². The summed E-state index contributed by atoms with van der Waals surface area (Å²) in [6.45, 7) is 13.3. The fourth-order valence-corrected chi connectivity index (χ4v) is 5.89. The van der Waals surface area contributed by atoms with Crippen molar-refractivity contribution in [1.82, 2.24) is 15.4 Å². The molecule has 20 heteroatoms. The Hall–Kier alpha value is -4.45. The Morgan fingerprint density at radius 2 is 1.14 bits per heavy atom. The predicted octanol–water partition coefficient (Wildman–Crippen LogP) is 3.36. The van der Waals surface area contributed by atoms with Gasteiger partial charge >= 0.3 is 5.97 Å². The number of rotatable bonds is 41. The van der Waals surface area contributed by atoms with Crippen molar-refractivity contribution in [2.45, 2.75) is 46.1 Å². The van der Waals surface area contributed by atoms with E-state index in [2.05, 4.69) is 15.3 Å². The molecule has 0 saturated carbocycles. The summed E-state index contributed by atoms with van der Waals surface area (Å²) < 4.78 is 54.4. The number of hydrogen-bond donors (Lipinski definition) is 3. The van der Waals surface area contributed by atoms with Crippen LogP contribution in [-0.4, -0.2) is 184 Å². The van der Waals surface area contributed by atoms with Crippen LogP contribution < -0.4 is 11.1 Å². The number of aromatic nitrogens is 1. The van der Waals surface area contributed by atoms with Crippen LogP contribution in [0.5, 0.6) is 0 Å². The van der Waals surface area contributed by atoms with Crippen molar-refractivity contribution in [3.05, 3.63) is 53.4 Å². The molecule has 0 fully saturated rings. The predicted molar refractivity (Wildman–Crippen MR) is 244 cm³/mol. The molecule has 20 nitrogen and oxygen atoms in total. The number of fused-ring (bicyclic) bond motifs is 1. The van der Waals surface area contributed by atoms with Crippen molar-refractivity contribution in [3.8, 4) is 11.1 Å². The molecule has 370 valence electrons. The fourth-order valence-electron chi connectivity index (χ4n) is 5.89. The van der Waals surface area contributed by atoms with E-state index in [0.29, 0.717) is 156 Å². The van der Waals surface area contributed by atoms with E-state index in [1.165, 1.54) is 5.06 Å². The summed E-state index contributed by atoms with van der Waals surface area (Å²) >= 11 is 0. The number of amides is 2. The van der Waals surface area contributed by atoms with Crippen LogP contribution in [0.25, 0.3) is 17.2 Å². The van der Waals surface area contributed by atoms with Crippen LogP contribution in [0.15, 0.2) is 47.2 Å². The zero-order valence-corrected chi connectivity index (χ0v) is 38.7. The highest BCUT2D eigenvalue weighted by Crippen LogP contribution is 2.32. The maximum atomic E-state index is 13.2. The summed E-state index contributed by atoms with van der Waals surface area (Å²) in [6.07, 6.45) is 6.46. The van der Waals surface area contributed by atoms with E-state index in [9.17, 15) is 14.4 Å². The molecule has 3 rings (SSSR count). The number of amidine groups is 1. The number of benzene rings is 1. The molecule has 0 unspecified atom stereocenters. The van der Waals surface area contributed by atoms with Crippen LogP contribution in [-0.2, 0) is 73.1 Å². The molecular weight excluding hydrogens is 863 g/mol. The van der Waals surface area contributed by atoms with Gasteiger partial charge < -0.3 is 63.5 Å². The van der Waals surface area contributed by atoms with E-state index in [-0.39, 0.29) is 44.3 Å². The topological polar surface area (TPSA) is 240 Å². The molecule has 0 radical (unpaired) electrons. The molecule has 1 aliphatic heterocycles. The fraction of sp³-hybridized carbons (Fsp3) is 0.630. The Morgan fingerprint density at radius 1 is 0.652 bits per heavy atom. The van der Waals surface area contributed by atoms with Crippen molar-refractivity contribution in [2.24, 2.45) is 10.7 Å². The van der Waals surface area contributed by atoms with Gasteiger partial charge in [0.25, 0.3) is 5.91 Å². The van der Waals surface area contributed by atoms with Crippen LogP contribution in [0.4, 0.5) is 5.69 Å². The highest BCUT2D eigenvalue weighted by Gasteiger charge is 2.22. The molecule has 0 spiro atoms. The van der Waals surface area contributed by atoms with Gasteiger partial charge in [0.1, 0.15) is 5.84 Å². The van der Waals surface area contributed by atoms with Crippen LogP contribution in [0, 0.1) is 0 Å². The van der Waals surface area contributed by atoms with Gasteiger partial charge in [-0.1, -0.05) is 19.1 Å². The van der Waals surface area contributed by atoms with Crippen LogP contribution >= 0.6 is 0 Å². The molecule has 4 N–H and O–H groups in total. The quantitative estimate of drug-likeness (QED) is 0.0640. The molecule has 1 aliphatic rings. The molecule has 2 heterocycles. The number of hydroxylamine groups is 2. The minimum Gasteiger partial charge on any atom is -0.481 e. The molecule has 0 saturated heterocycles. The van der Waals surface area contributed by atoms with Gasteiger partial charge in [0.2, 0.25) is 5.91 Å². The minimum absolute atomic E-state index is 0.0133. The summed E-state index contributed by atoms with van der Waals surface area (Å²) in [6, 6.07) is 7.74. The molecule has 2 amide bonds. The number of nitrogens with one attached hydrogen (secondary N) is 1. The average Bonchev–Trinajstić information content (AvgIpc) is 3.48. The van der Waals surface area contributed by atoms with Gasteiger partial charge in [0, 0.05) is 55.0 Å². The van der Waals surface area contributed by atoms with Crippen molar-refractivity contribution < 1.29 is 71.7 Å². The second kappa shape index (κ2) is 36.6.